The summed E-state index contributed by atoms with van der Waals surface area (Å²) in [4.78, 5) is 0. The lowest BCUT2D eigenvalue weighted by Crippen LogP contribution is -2.52. The first-order valence-electron chi connectivity index (χ1n) is 9.13. The van der Waals surface area contributed by atoms with Gasteiger partial charge in [0.05, 0.1) is 17.6 Å². The summed E-state index contributed by atoms with van der Waals surface area (Å²) < 4.78 is 5.02. The summed E-state index contributed by atoms with van der Waals surface area (Å²) in [6.07, 6.45) is 6.70. The number of nitriles is 2. The molecule has 0 bridgehead atoms. The molecule has 0 saturated heterocycles. The summed E-state index contributed by atoms with van der Waals surface area (Å²) >= 11 is 0. The van der Waals surface area contributed by atoms with Gasteiger partial charge < -0.3 is 0 Å². The quantitative estimate of drug-likeness (QED) is 0.779. The summed E-state index contributed by atoms with van der Waals surface area (Å²) in [5.74, 6) is 1.66. The number of aryl methyl sites for hydroxylation is 1. The molecular formula is C19H24N4O. The number of hydrogen-bond acceptors (Lipinski definition) is 5. The molecule has 24 heavy (non-hydrogen) atoms. The van der Waals surface area contributed by atoms with Gasteiger partial charge in [0, 0.05) is 12.3 Å². The Morgan fingerprint density at radius 1 is 1.17 bits per heavy atom. The molecule has 5 nitrogen and oxygen atoms in total. The van der Waals surface area contributed by atoms with Crippen LogP contribution >= 0.6 is 0 Å². The lowest BCUT2D eigenvalue weighted by molar-refractivity contribution is -0.0690. The molecule has 2 fully saturated rings. The van der Waals surface area contributed by atoms with E-state index in [-0.39, 0.29) is 16.7 Å². The van der Waals surface area contributed by atoms with Crippen molar-refractivity contribution in [2.24, 2.45) is 28.6 Å². The van der Waals surface area contributed by atoms with Crippen LogP contribution in [0.15, 0.2) is 4.63 Å². The second kappa shape index (κ2) is 5.31. The molecule has 1 aromatic rings. The second-order valence-electron chi connectivity index (χ2n) is 8.54. The van der Waals surface area contributed by atoms with Crippen LogP contribution in [-0.2, 0) is 6.42 Å². The molecule has 0 radical (unpaired) electrons. The van der Waals surface area contributed by atoms with Crippen LogP contribution in [0.3, 0.4) is 0 Å². The zero-order valence-electron chi connectivity index (χ0n) is 14.5. The van der Waals surface area contributed by atoms with E-state index >= 15 is 0 Å². The first-order chi connectivity index (χ1) is 11.5. The van der Waals surface area contributed by atoms with Crippen molar-refractivity contribution >= 4 is 0 Å². The third-order valence-electron chi connectivity index (χ3n) is 7.64. The molecule has 0 aromatic carbocycles. The van der Waals surface area contributed by atoms with Gasteiger partial charge in [-0.3, -0.25) is 0 Å². The first-order valence-corrected chi connectivity index (χ1v) is 9.13. The molecular weight excluding hydrogens is 300 g/mol. The van der Waals surface area contributed by atoms with E-state index in [2.05, 4.69) is 36.3 Å². The third-order valence-corrected chi connectivity index (χ3v) is 7.64. The third kappa shape index (κ3) is 1.97. The fourth-order valence-electron chi connectivity index (χ4n) is 6.24. The van der Waals surface area contributed by atoms with Gasteiger partial charge in [-0.1, -0.05) is 17.2 Å². The lowest BCUT2D eigenvalue weighted by atomic mass is 9.45. The predicted octanol–water partition coefficient (Wildman–Crippen LogP) is 3.99. The minimum Gasteiger partial charge on any atom is -0.244 e. The van der Waals surface area contributed by atoms with Crippen molar-refractivity contribution in [3.05, 3.63) is 11.4 Å². The number of hydrogen-bond donors (Lipinski definition) is 0. The maximum absolute atomic E-state index is 9.75. The van der Waals surface area contributed by atoms with E-state index in [1.807, 2.05) is 0 Å². The highest BCUT2D eigenvalue weighted by Crippen LogP contribution is 2.64. The highest BCUT2D eigenvalue weighted by molar-refractivity contribution is 5.25. The van der Waals surface area contributed by atoms with E-state index in [0.29, 0.717) is 24.2 Å². The van der Waals surface area contributed by atoms with Crippen molar-refractivity contribution in [3.8, 4) is 12.1 Å². The summed E-state index contributed by atoms with van der Waals surface area (Å²) in [5, 5.41) is 27.4. The van der Waals surface area contributed by atoms with Gasteiger partial charge in [-0.2, -0.15) is 10.5 Å². The van der Waals surface area contributed by atoms with Gasteiger partial charge in [-0.15, -0.1) is 0 Å². The van der Waals surface area contributed by atoms with E-state index in [4.69, 9.17) is 4.63 Å². The monoisotopic (exact) mass is 324 g/mol. The Bertz CT molecular complexity index is 728. The summed E-state index contributed by atoms with van der Waals surface area (Å²) in [6, 6.07) is 4.92. The van der Waals surface area contributed by atoms with Crippen molar-refractivity contribution in [1.29, 1.82) is 10.5 Å². The molecule has 1 heterocycles. The Balaban J connectivity index is 1.71. The Labute approximate surface area is 143 Å². The largest absolute Gasteiger partial charge is 0.244 e. The molecule has 4 rings (SSSR count). The molecule has 6 atom stereocenters. The Kier molecular flexibility index (Phi) is 3.46. The van der Waals surface area contributed by atoms with E-state index in [0.717, 1.165) is 49.9 Å². The standard InChI is InChI=1S/C19H24N4O/c1-18(11-21)8-5-14-12(13(18)7-10-20)3-4-15-17-16(22-24-23-17)6-9-19(14,15)2/h12-15H,3-9H2,1-2H3/t12-,13-,14-,15-,18+,19+/m0/s1. The van der Waals surface area contributed by atoms with Crippen LogP contribution in [0.1, 0.15) is 69.7 Å². The number of aromatic nitrogens is 2. The Hall–Kier alpha value is -1.88. The van der Waals surface area contributed by atoms with Crippen LogP contribution < -0.4 is 0 Å². The van der Waals surface area contributed by atoms with Crippen LogP contribution in [0.5, 0.6) is 0 Å². The fourth-order valence-corrected chi connectivity index (χ4v) is 6.24. The number of fused-ring (bicyclic) bond motifs is 5. The molecule has 5 heteroatoms. The van der Waals surface area contributed by atoms with Crippen molar-refractivity contribution in [1.82, 2.24) is 10.3 Å². The Morgan fingerprint density at radius 3 is 2.75 bits per heavy atom. The lowest BCUT2D eigenvalue weighted by Gasteiger charge is -2.58. The van der Waals surface area contributed by atoms with E-state index < -0.39 is 0 Å². The molecule has 0 aliphatic heterocycles. The van der Waals surface area contributed by atoms with E-state index in [1.165, 1.54) is 0 Å². The second-order valence-corrected chi connectivity index (χ2v) is 8.54. The molecule has 3 aliphatic rings. The zero-order valence-corrected chi connectivity index (χ0v) is 14.5. The summed E-state index contributed by atoms with van der Waals surface area (Å²) in [5.41, 5.74) is 1.96. The molecule has 0 spiro atoms. The predicted molar refractivity (Wildman–Crippen MR) is 86.4 cm³/mol. The highest BCUT2D eigenvalue weighted by atomic mass is 16.6. The van der Waals surface area contributed by atoms with Crippen molar-refractivity contribution < 1.29 is 4.63 Å². The number of rotatable bonds is 1. The van der Waals surface area contributed by atoms with Gasteiger partial charge in [0.1, 0.15) is 11.4 Å². The van der Waals surface area contributed by atoms with E-state index in [1.54, 1.807) is 0 Å². The van der Waals surface area contributed by atoms with Gasteiger partial charge in [-0.25, -0.2) is 4.63 Å². The normalized spacial score (nSPS) is 43.7. The van der Waals surface area contributed by atoms with Crippen LogP contribution in [-0.4, -0.2) is 10.3 Å². The average Bonchev–Trinajstić information content (AvgIpc) is 3.05. The minimum atomic E-state index is -0.352. The maximum Gasteiger partial charge on any atom is 0.111 e. The SMILES string of the molecule is C[C@]12CCc3nonc3[C@@H]1CC[C@@H]1[C@@H]2CC[C@](C)(C#N)[C@H]1CC#N. The minimum absolute atomic E-state index is 0.193. The number of nitrogens with zero attached hydrogens (tertiary/aromatic N) is 4. The van der Waals surface area contributed by atoms with Gasteiger partial charge in [-0.05, 0) is 68.6 Å². The van der Waals surface area contributed by atoms with Gasteiger partial charge in [0.2, 0.25) is 0 Å². The van der Waals surface area contributed by atoms with Crippen LogP contribution in [0, 0.1) is 51.2 Å². The molecule has 0 N–H and O–H groups in total. The highest BCUT2D eigenvalue weighted by Gasteiger charge is 2.58. The summed E-state index contributed by atoms with van der Waals surface area (Å²) in [6.45, 7) is 4.48. The summed E-state index contributed by atoms with van der Waals surface area (Å²) in [7, 11) is 0. The van der Waals surface area contributed by atoms with E-state index in [9.17, 15) is 10.5 Å². The first kappa shape index (κ1) is 15.6. The maximum atomic E-state index is 9.75. The van der Waals surface area contributed by atoms with Gasteiger partial charge >= 0.3 is 0 Å². The van der Waals surface area contributed by atoms with Crippen molar-refractivity contribution in [3.63, 3.8) is 0 Å². The van der Waals surface area contributed by atoms with Gasteiger partial charge in [0.15, 0.2) is 0 Å². The Morgan fingerprint density at radius 2 is 2.00 bits per heavy atom. The molecule has 0 unspecified atom stereocenters. The van der Waals surface area contributed by atoms with Gasteiger partial charge in [0.25, 0.3) is 0 Å². The van der Waals surface area contributed by atoms with Crippen LogP contribution in [0.4, 0.5) is 0 Å². The topological polar surface area (TPSA) is 86.5 Å². The smallest absolute Gasteiger partial charge is 0.111 e. The molecule has 2 saturated carbocycles. The average molecular weight is 324 g/mol. The molecule has 3 aliphatic carbocycles. The molecule has 126 valence electrons. The fraction of sp³-hybridized carbons (Fsp3) is 0.789. The van der Waals surface area contributed by atoms with Crippen LogP contribution in [0.2, 0.25) is 0 Å². The molecule has 1 aromatic heterocycles. The zero-order chi connectivity index (χ0) is 16.9. The van der Waals surface area contributed by atoms with Crippen molar-refractivity contribution in [2.75, 3.05) is 0 Å². The molecule has 0 amide bonds. The van der Waals surface area contributed by atoms with Crippen LogP contribution in [0.25, 0.3) is 0 Å². The van der Waals surface area contributed by atoms with Crippen molar-refractivity contribution in [2.45, 2.75) is 64.7 Å².